The molecule has 0 radical (unpaired) electrons. The van der Waals surface area contributed by atoms with Crippen LogP contribution in [0.5, 0.6) is 0 Å². The Labute approximate surface area is 92.0 Å². The van der Waals surface area contributed by atoms with Gasteiger partial charge in [-0.25, -0.2) is 0 Å². The second-order valence-electron chi connectivity index (χ2n) is 3.50. The van der Waals surface area contributed by atoms with Crippen molar-refractivity contribution >= 4 is 23.3 Å². The number of H-pyrrole nitrogens is 2. The topological polar surface area (TPSA) is 53.6 Å². The zero-order valence-electron chi connectivity index (χ0n) is 8.54. The van der Waals surface area contributed by atoms with Gasteiger partial charge in [0.25, 0.3) is 5.56 Å². The molecule has 0 aliphatic carbocycles. The van der Waals surface area contributed by atoms with Gasteiger partial charge in [0.05, 0.1) is 5.52 Å². The van der Waals surface area contributed by atoms with Crippen molar-refractivity contribution in [2.75, 3.05) is 0 Å². The fourth-order valence-corrected chi connectivity index (χ4v) is 1.93. The molecule has 15 heavy (non-hydrogen) atoms. The maximum atomic E-state index is 11.5. The van der Waals surface area contributed by atoms with Gasteiger partial charge in [0.2, 0.25) is 0 Å². The number of aryl methyl sites for hydroxylation is 1. The van der Waals surface area contributed by atoms with Crippen LogP contribution >= 0.6 is 12.2 Å². The van der Waals surface area contributed by atoms with Gasteiger partial charge in [-0.1, -0.05) is 13.3 Å². The minimum Gasteiger partial charge on any atom is -0.355 e. The van der Waals surface area contributed by atoms with Crippen LogP contribution in [0.4, 0.5) is 0 Å². The molecule has 2 rings (SSSR count). The zero-order chi connectivity index (χ0) is 10.8. The molecule has 2 aromatic rings. The monoisotopic (exact) mass is 223 g/mol. The largest absolute Gasteiger partial charge is 0.355 e. The predicted molar refractivity (Wildman–Crippen MR) is 62.7 cm³/mol. The standard InChI is InChI=1S/C10H13N3OS/c1-2-3-6-13-7-4-5-11-8(7)9(14)12-10(13)15/h4-5,11H,2-3,6H2,1H3,(H,12,14,15). The van der Waals surface area contributed by atoms with Crippen LogP contribution in [0.1, 0.15) is 19.8 Å². The van der Waals surface area contributed by atoms with Gasteiger partial charge < -0.3 is 9.55 Å². The van der Waals surface area contributed by atoms with Crippen molar-refractivity contribution in [3.8, 4) is 0 Å². The van der Waals surface area contributed by atoms with E-state index in [1.165, 1.54) is 0 Å². The molecule has 4 nitrogen and oxygen atoms in total. The Hall–Kier alpha value is -1.36. The normalized spacial score (nSPS) is 11.0. The van der Waals surface area contributed by atoms with Gasteiger partial charge >= 0.3 is 0 Å². The first-order valence-corrected chi connectivity index (χ1v) is 5.45. The maximum absolute atomic E-state index is 11.5. The van der Waals surface area contributed by atoms with E-state index in [2.05, 4.69) is 16.9 Å². The van der Waals surface area contributed by atoms with Crippen LogP contribution in [0.3, 0.4) is 0 Å². The van der Waals surface area contributed by atoms with Gasteiger partial charge in [-0.05, 0) is 24.7 Å². The van der Waals surface area contributed by atoms with E-state index in [0.29, 0.717) is 10.3 Å². The first-order chi connectivity index (χ1) is 7.24. The summed E-state index contributed by atoms with van der Waals surface area (Å²) < 4.78 is 2.46. The Morgan fingerprint density at radius 3 is 3.07 bits per heavy atom. The average Bonchev–Trinajstić information content (AvgIpc) is 2.66. The van der Waals surface area contributed by atoms with Crippen molar-refractivity contribution in [3.05, 3.63) is 27.4 Å². The number of fused-ring (bicyclic) bond motifs is 1. The van der Waals surface area contributed by atoms with Crippen molar-refractivity contribution in [2.45, 2.75) is 26.3 Å². The summed E-state index contributed by atoms with van der Waals surface area (Å²) in [6.07, 6.45) is 3.92. The van der Waals surface area contributed by atoms with Gasteiger partial charge in [0, 0.05) is 12.7 Å². The number of aromatic nitrogens is 3. The molecule has 0 fully saturated rings. The van der Waals surface area contributed by atoms with E-state index in [1.807, 2.05) is 10.6 Å². The SMILES string of the molecule is CCCCn1c(=S)[nH]c(=O)c2[nH]ccc21. The molecule has 5 heteroatoms. The molecular weight excluding hydrogens is 210 g/mol. The second kappa shape index (κ2) is 4.02. The van der Waals surface area contributed by atoms with Gasteiger partial charge in [-0.3, -0.25) is 9.78 Å². The molecule has 2 N–H and O–H groups in total. The van der Waals surface area contributed by atoms with Crippen LogP contribution in [-0.2, 0) is 6.54 Å². The molecule has 0 aromatic carbocycles. The second-order valence-corrected chi connectivity index (χ2v) is 3.89. The molecule has 0 aliphatic heterocycles. The summed E-state index contributed by atoms with van der Waals surface area (Å²) in [5.41, 5.74) is 1.34. The van der Waals surface area contributed by atoms with Crippen molar-refractivity contribution < 1.29 is 0 Å². The molecule has 0 bridgehead atoms. The number of nitrogens with zero attached hydrogens (tertiary/aromatic N) is 1. The fraction of sp³-hybridized carbons (Fsp3) is 0.400. The Morgan fingerprint density at radius 2 is 2.33 bits per heavy atom. The molecule has 0 aliphatic rings. The minimum atomic E-state index is -0.146. The lowest BCUT2D eigenvalue weighted by molar-refractivity contribution is 0.629. The van der Waals surface area contributed by atoms with Crippen LogP contribution in [0.25, 0.3) is 11.0 Å². The van der Waals surface area contributed by atoms with E-state index in [4.69, 9.17) is 12.2 Å². The third-order valence-corrected chi connectivity index (χ3v) is 2.77. The van der Waals surface area contributed by atoms with Crippen LogP contribution < -0.4 is 5.56 Å². The van der Waals surface area contributed by atoms with Crippen LogP contribution in [0.15, 0.2) is 17.1 Å². The lowest BCUT2D eigenvalue weighted by Gasteiger charge is -2.06. The first-order valence-electron chi connectivity index (χ1n) is 5.04. The lowest BCUT2D eigenvalue weighted by Crippen LogP contribution is -2.14. The number of aromatic amines is 2. The molecular formula is C10H13N3OS. The third kappa shape index (κ3) is 1.74. The molecule has 0 saturated heterocycles. The number of hydrogen-bond donors (Lipinski definition) is 2. The Kier molecular flexibility index (Phi) is 2.73. The van der Waals surface area contributed by atoms with Crippen LogP contribution in [0, 0.1) is 4.77 Å². The molecule has 0 amide bonds. The van der Waals surface area contributed by atoms with Crippen molar-refractivity contribution in [1.29, 1.82) is 0 Å². The van der Waals surface area contributed by atoms with Gasteiger partial charge in [0.1, 0.15) is 5.52 Å². The fourth-order valence-electron chi connectivity index (χ4n) is 1.64. The number of hydrogen-bond acceptors (Lipinski definition) is 2. The van der Waals surface area contributed by atoms with E-state index in [9.17, 15) is 4.79 Å². The van der Waals surface area contributed by atoms with Gasteiger partial charge in [-0.2, -0.15) is 0 Å². The number of nitrogens with one attached hydrogen (secondary N) is 2. The minimum absolute atomic E-state index is 0.146. The zero-order valence-corrected chi connectivity index (χ0v) is 9.36. The summed E-state index contributed by atoms with van der Waals surface area (Å²) in [5.74, 6) is 0. The predicted octanol–water partition coefficient (Wildman–Crippen LogP) is 2.19. The van der Waals surface area contributed by atoms with Crippen LogP contribution in [-0.4, -0.2) is 14.5 Å². The summed E-state index contributed by atoms with van der Waals surface area (Å²) in [7, 11) is 0. The van der Waals surface area contributed by atoms with E-state index >= 15 is 0 Å². The maximum Gasteiger partial charge on any atom is 0.276 e. The average molecular weight is 223 g/mol. The van der Waals surface area contributed by atoms with E-state index in [1.54, 1.807) is 6.20 Å². The van der Waals surface area contributed by atoms with Crippen molar-refractivity contribution in [3.63, 3.8) is 0 Å². The smallest absolute Gasteiger partial charge is 0.276 e. The van der Waals surface area contributed by atoms with E-state index in [0.717, 1.165) is 24.9 Å². The summed E-state index contributed by atoms with van der Waals surface area (Å²) in [5, 5.41) is 0. The Balaban J connectivity index is 2.66. The van der Waals surface area contributed by atoms with Gasteiger partial charge in [0.15, 0.2) is 4.77 Å². The Bertz CT molecular complexity index is 578. The summed E-state index contributed by atoms with van der Waals surface area (Å²) in [6.45, 7) is 2.98. The first kappa shape index (κ1) is 10.2. The summed E-state index contributed by atoms with van der Waals surface area (Å²) in [6, 6.07) is 1.88. The van der Waals surface area contributed by atoms with Crippen molar-refractivity contribution in [1.82, 2.24) is 14.5 Å². The Morgan fingerprint density at radius 1 is 1.53 bits per heavy atom. The lowest BCUT2D eigenvalue weighted by atomic mass is 10.3. The highest BCUT2D eigenvalue weighted by Crippen LogP contribution is 2.09. The highest BCUT2D eigenvalue weighted by Gasteiger charge is 2.04. The number of unbranched alkanes of at least 4 members (excludes halogenated alkanes) is 1. The molecule has 0 spiro atoms. The van der Waals surface area contributed by atoms with Gasteiger partial charge in [-0.15, -0.1) is 0 Å². The van der Waals surface area contributed by atoms with E-state index < -0.39 is 0 Å². The molecule has 2 aromatic heterocycles. The quantitative estimate of drug-likeness (QED) is 0.784. The molecule has 0 saturated carbocycles. The highest BCUT2D eigenvalue weighted by molar-refractivity contribution is 7.71. The summed E-state index contributed by atoms with van der Waals surface area (Å²) in [4.78, 5) is 17.1. The summed E-state index contributed by atoms with van der Waals surface area (Å²) >= 11 is 5.14. The third-order valence-electron chi connectivity index (χ3n) is 2.44. The van der Waals surface area contributed by atoms with E-state index in [-0.39, 0.29) is 5.56 Å². The molecule has 0 atom stereocenters. The molecule has 2 heterocycles. The highest BCUT2D eigenvalue weighted by atomic mass is 32.1. The van der Waals surface area contributed by atoms with Crippen LogP contribution in [0.2, 0.25) is 0 Å². The molecule has 0 unspecified atom stereocenters. The number of rotatable bonds is 3. The molecule has 80 valence electrons. The van der Waals surface area contributed by atoms with Crippen molar-refractivity contribution in [2.24, 2.45) is 0 Å².